The van der Waals surface area contributed by atoms with Gasteiger partial charge in [0.25, 0.3) is 0 Å². The quantitative estimate of drug-likeness (QED) is 0.192. The second kappa shape index (κ2) is 11.2. The molecule has 0 saturated heterocycles. The zero-order chi connectivity index (χ0) is 26.4. The fourth-order valence-electron chi connectivity index (χ4n) is 3.58. The number of ether oxygens (including phenoxy) is 2. The number of aromatic nitrogens is 3. The number of benzene rings is 2. The second-order valence-electron chi connectivity index (χ2n) is 8.05. The molecule has 0 amide bonds. The molecule has 2 heterocycles. The van der Waals surface area contributed by atoms with Crippen molar-refractivity contribution in [3.8, 4) is 22.9 Å². The van der Waals surface area contributed by atoms with E-state index in [2.05, 4.69) is 25.0 Å². The van der Waals surface area contributed by atoms with E-state index in [0.29, 0.717) is 36.6 Å². The van der Waals surface area contributed by atoms with Crippen LogP contribution < -0.4 is 14.8 Å². The predicted molar refractivity (Wildman–Crippen MR) is 126 cm³/mol. The maximum absolute atomic E-state index is 14.2. The summed E-state index contributed by atoms with van der Waals surface area (Å²) in [7, 11) is 0. The van der Waals surface area contributed by atoms with Gasteiger partial charge in [-0.3, -0.25) is 4.79 Å². The van der Waals surface area contributed by atoms with Crippen molar-refractivity contribution in [2.24, 2.45) is 0 Å². The lowest BCUT2D eigenvalue weighted by Crippen LogP contribution is -2.19. The number of fused-ring (bicyclic) bond motifs is 1. The lowest BCUT2D eigenvalue weighted by molar-refractivity contribution is -0.274. The number of aliphatic carboxylic acids is 1. The summed E-state index contributed by atoms with van der Waals surface area (Å²) in [5, 5.41) is 12.8. The number of carbonyl (C=O) groups is 1. The molecular weight excluding hydrogens is 496 g/mol. The van der Waals surface area contributed by atoms with Crippen LogP contribution in [0.3, 0.4) is 0 Å². The minimum absolute atomic E-state index is 0.0891. The molecule has 0 unspecified atom stereocenters. The van der Waals surface area contributed by atoms with Crippen LogP contribution in [0.1, 0.15) is 17.8 Å². The molecule has 0 atom stereocenters. The molecule has 0 fully saturated rings. The number of halogens is 4. The van der Waals surface area contributed by atoms with Crippen molar-refractivity contribution in [1.82, 2.24) is 20.3 Å². The summed E-state index contributed by atoms with van der Waals surface area (Å²) in [6.07, 6.45) is -3.24. The molecule has 12 heteroatoms. The van der Waals surface area contributed by atoms with Gasteiger partial charge in [-0.1, -0.05) is 0 Å². The average Bonchev–Trinajstić information content (AvgIpc) is 3.22. The lowest BCUT2D eigenvalue weighted by Gasteiger charge is -2.10. The number of H-pyrrole nitrogens is 1. The van der Waals surface area contributed by atoms with Crippen LogP contribution in [0.5, 0.6) is 11.5 Å². The smallest absolute Gasteiger partial charge is 0.494 e. The molecule has 0 aliphatic rings. The van der Waals surface area contributed by atoms with Gasteiger partial charge in [-0.25, -0.2) is 14.4 Å². The molecule has 4 aromatic rings. The van der Waals surface area contributed by atoms with Crippen LogP contribution in [0, 0.1) is 5.82 Å². The standard InChI is InChI=1S/C25H22F4N4O4/c26-20-13-31-24(15-2-4-18(5-3-15)37-25(27,28)29)33-22(20)14-30-8-1-9-36-19-6-7-21-16(11-19)10-17(32-21)12-23(34)35/h2-7,10-11,13,30,32H,1,8-9,12,14H2,(H,34,35). The fourth-order valence-corrected chi connectivity index (χ4v) is 3.58. The van der Waals surface area contributed by atoms with Crippen LogP contribution in [0.15, 0.2) is 54.7 Å². The number of carboxylic acids is 1. The molecule has 8 nitrogen and oxygen atoms in total. The predicted octanol–water partition coefficient (Wildman–Crippen LogP) is 4.85. The van der Waals surface area contributed by atoms with Crippen LogP contribution in [0.2, 0.25) is 0 Å². The Labute approximate surface area is 208 Å². The molecule has 0 bridgehead atoms. The number of rotatable bonds is 11. The van der Waals surface area contributed by atoms with Gasteiger partial charge in [-0.15, -0.1) is 13.2 Å². The van der Waals surface area contributed by atoms with E-state index >= 15 is 0 Å². The van der Waals surface area contributed by atoms with E-state index in [-0.39, 0.29) is 30.2 Å². The lowest BCUT2D eigenvalue weighted by atomic mass is 10.2. The topological polar surface area (TPSA) is 109 Å². The highest BCUT2D eigenvalue weighted by molar-refractivity contribution is 5.83. The minimum Gasteiger partial charge on any atom is -0.494 e. The summed E-state index contributed by atoms with van der Waals surface area (Å²) in [4.78, 5) is 22.0. The third-order valence-electron chi connectivity index (χ3n) is 5.21. The molecule has 2 aromatic heterocycles. The van der Waals surface area contributed by atoms with Crippen LogP contribution in [-0.4, -0.2) is 45.5 Å². The Morgan fingerprint density at radius 3 is 2.57 bits per heavy atom. The van der Waals surface area contributed by atoms with Crippen molar-refractivity contribution in [2.75, 3.05) is 13.2 Å². The molecule has 0 spiro atoms. The Hall–Kier alpha value is -4.19. The van der Waals surface area contributed by atoms with Gasteiger partial charge < -0.3 is 24.9 Å². The Morgan fingerprint density at radius 1 is 1.08 bits per heavy atom. The summed E-state index contributed by atoms with van der Waals surface area (Å²) in [5.41, 5.74) is 1.97. The van der Waals surface area contributed by atoms with Crippen LogP contribution in [0.4, 0.5) is 17.6 Å². The van der Waals surface area contributed by atoms with Crippen LogP contribution in [0.25, 0.3) is 22.3 Å². The summed E-state index contributed by atoms with van der Waals surface area (Å²) >= 11 is 0. The number of hydrogen-bond donors (Lipinski definition) is 3. The molecule has 37 heavy (non-hydrogen) atoms. The Bertz CT molecular complexity index is 1370. The van der Waals surface area contributed by atoms with Crippen molar-refractivity contribution in [3.05, 3.63) is 71.9 Å². The van der Waals surface area contributed by atoms with Gasteiger partial charge in [-0.2, -0.15) is 0 Å². The molecule has 0 aliphatic carbocycles. The highest BCUT2D eigenvalue weighted by Crippen LogP contribution is 2.25. The second-order valence-corrected chi connectivity index (χ2v) is 8.05. The monoisotopic (exact) mass is 518 g/mol. The molecule has 194 valence electrons. The molecule has 2 aromatic carbocycles. The molecule has 3 N–H and O–H groups in total. The molecular formula is C25H22F4N4O4. The third kappa shape index (κ3) is 7.40. The van der Waals surface area contributed by atoms with E-state index in [1.807, 2.05) is 12.1 Å². The SMILES string of the molecule is O=C(O)Cc1cc2cc(OCCCNCc3nc(-c4ccc(OC(F)(F)F)cc4)ncc3F)ccc2[nH]1. The molecule has 4 rings (SSSR count). The summed E-state index contributed by atoms with van der Waals surface area (Å²) in [5.74, 6) is -1.08. The number of nitrogens with zero attached hydrogens (tertiary/aromatic N) is 2. The zero-order valence-electron chi connectivity index (χ0n) is 19.3. The van der Waals surface area contributed by atoms with Crippen LogP contribution in [-0.2, 0) is 17.8 Å². The van der Waals surface area contributed by atoms with Gasteiger partial charge in [0.15, 0.2) is 11.6 Å². The van der Waals surface area contributed by atoms with Gasteiger partial charge >= 0.3 is 12.3 Å². The number of nitrogens with one attached hydrogen (secondary N) is 2. The first-order valence-corrected chi connectivity index (χ1v) is 11.2. The van der Waals surface area contributed by atoms with E-state index < -0.39 is 18.1 Å². The number of hydrogen-bond acceptors (Lipinski definition) is 6. The first kappa shape index (κ1) is 25.9. The fraction of sp³-hybridized carbons (Fsp3) is 0.240. The Morgan fingerprint density at radius 2 is 1.84 bits per heavy atom. The van der Waals surface area contributed by atoms with Crippen molar-refractivity contribution in [3.63, 3.8) is 0 Å². The first-order chi connectivity index (χ1) is 17.7. The van der Waals surface area contributed by atoms with Crippen LogP contribution >= 0.6 is 0 Å². The minimum atomic E-state index is -4.79. The summed E-state index contributed by atoms with van der Waals surface area (Å²) in [6.45, 7) is 1.03. The number of aromatic amines is 1. The van der Waals surface area contributed by atoms with E-state index in [1.165, 1.54) is 12.1 Å². The Balaban J connectivity index is 1.25. The van der Waals surface area contributed by atoms with E-state index in [9.17, 15) is 22.4 Å². The average molecular weight is 518 g/mol. The maximum atomic E-state index is 14.2. The van der Waals surface area contributed by atoms with Crippen molar-refractivity contribution in [1.29, 1.82) is 0 Å². The normalized spacial score (nSPS) is 11.6. The first-order valence-electron chi connectivity index (χ1n) is 11.2. The summed E-state index contributed by atoms with van der Waals surface area (Å²) in [6, 6.07) is 12.2. The van der Waals surface area contributed by atoms with Crippen molar-refractivity contribution >= 4 is 16.9 Å². The van der Waals surface area contributed by atoms with E-state index in [1.54, 1.807) is 12.1 Å². The number of carboxylic acid groups (broad SMARTS) is 1. The van der Waals surface area contributed by atoms with E-state index in [0.717, 1.165) is 29.2 Å². The number of alkyl halides is 3. The largest absolute Gasteiger partial charge is 0.573 e. The van der Waals surface area contributed by atoms with Gasteiger partial charge in [0.1, 0.15) is 11.5 Å². The molecule has 0 saturated carbocycles. The maximum Gasteiger partial charge on any atom is 0.573 e. The van der Waals surface area contributed by atoms with Crippen molar-refractivity contribution in [2.45, 2.75) is 25.7 Å². The zero-order valence-corrected chi connectivity index (χ0v) is 19.3. The van der Waals surface area contributed by atoms with Crippen molar-refractivity contribution < 1.29 is 36.9 Å². The van der Waals surface area contributed by atoms with Gasteiger partial charge in [0, 0.05) is 28.7 Å². The highest BCUT2D eigenvalue weighted by atomic mass is 19.4. The van der Waals surface area contributed by atoms with Gasteiger partial charge in [0.05, 0.1) is 24.9 Å². The van der Waals surface area contributed by atoms with Gasteiger partial charge in [0.2, 0.25) is 0 Å². The molecule has 0 aliphatic heterocycles. The third-order valence-corrected chi connectivity index (χ3v) is 5.21. The van der Waals surface area contributed by atoms with Gasteiger partial charge in [-0.05, 0) is 61.5 Å². The molecule has 0 radical (unpaired) electrons. The summed E-state index contributed by atoms with van der Waals surface area (Å²) < 4.78 is 60.7. The van der Waals surface area contributed by atoms with E-state index in [4.69, 9.17) is 9.84 Å². The Kier molecular flexibility index (Phi) is 7.87. The highest BCUT2D eigenvalue weighted by Gasteiger charge is 2.31.